The van der Waals surface area contributed by atoms with Crippen LogP contribution in [-0.2, 0) is 4.79 Å². The van der Waals surface area contributed by atoms with Crippen molar-refractivity contribution in [1.29, 1.82) is 0 Å². The molecule has 1 unspecified atom stereocenters. The number of nitrogens with one attached hydrogen (secondary N) is 2. The smallest absolute Gasteiger partial charge is 0.255 e. The number of nitrogens with zero attached hydrogens (tertiary/aromatic N) is 2. The number of carbonyl (C=O) groups excluding carboxylic acids is 2. The van der Waals surface area contributed by atoms with Crippen molar-refractivity contribution in [3.63, 3.8) is 0 Å². The molecule has 1 aromatic heterocycles. The molecule has 2 heterocycles. The van der Waals surface area contributed by atoms with E-state index in [1.54, 1.807) is 17.3 Å². The van der Waals surface area contributed by atoms with Gasteiger partial charge >= 0.3 is 0 Å². The Labute approximate surface area is 140 Å². The lowest BCUT2D eigenvalue weighted by Gasteiger charge is -2.35. The van der Waals surface area contributed by atoms with Crippen molar-refractivity contribution in [2.75, 3.05) is 19.6 Å². The number of rotatable bonds is 3. The molecular weight excluding hydrogens is 304 g/mol. The lowest BCUT2D eigenvalue weighted by atomic mass is 10.0. The van der Waals surface area contributed by atoms with Gasteiger partial charge in [0.15, 0.2) is 0 Å². The molecule has 6 nitrogen and oxygen atoms in total. The fourth-order valence-corrected chi connectivity index (χ4v) is 3.17. The van der Waals surface area contributed by atoms with E-state index in [4.69, 9.17) is 0 Å². The maximum atomic E-state index is 13.1. The second-order valence-electron chi connectivity index (χ2n) is 6.40. The molecule has 2 N–H and O–H groups in total. The van der Waals surface area contributed by atoms with Crippen LogP contribution in [0.2, 0.25) is 0 Å². The fraction of sp³-hybridized carbons (Fsp3) is 0.389. The van der Waals surface area contributed by atoms with Gasteiger partial charge in [-0.3, -0.25) is 14.6 Å². The number of amides is 2. The Kier molecular flexibility index (Phi) is 3.90. The van der Waals surface area contributed by atoms with Gasteiger partial charge in [-0.15, -0.1) is 0 Å². The molecule has 2 aromatic rings. The summed E-state index contributed by atoms with van der Waals surface area (Å²) in [4.78, 5) is 31.4. The van der Waals surface area contributed by atoms with E-state index in [0.29, 0.717) is 31.2 Å². The maximum Gasteiger partial charge on any atom is 0.255 e. The molecule has 0 bridgehead atoms. The minimum Gasteiger partial charge on any atom is -0.352 e. The van der Waals surface area contributed by atoms with Crippen molar-refractivity contribution < 1.29 is 9.59 Å². The second-order valence-corrected chi connectivity index (χ2v) is 6.40. The van der Waals surface area contributed by atoms with Crippen LogP contribution in [0, 0.1) is 0 Å². The average Bonchev–Trinajstić information content (AvgIpc) is 3.44. The lowest BCUT2D eigenvalue weighted by molar-refractivity contribution is -0.126. The van der Waals surface area contributed by atoms with Crippen LogP contribution >= 0.6 is 0 Å². The largest absolute Gasteiger partial charge is 0.352 e. The van der Waals surface area contributed by atoms with Gasteiger partial charge in [0, 0.05) is 49.0 Å². The average molecular weight is 324 g/mol. The predicted molar refractivity (Wildman–Crippen MR) is 90.6 cm³/mol. The number of fused-ring (bicyclic) bond motifs is 1. The van der Waals surface area contributed by atoms with Gasteiger partial charge in [0.25, 0.3) is 5.91 Å². The number of benzene rings is 1. The minimum atomic E-state index is -0.455. The van der Waals surface area contributed by atoms with Crippen molar-refractivity contribution in [2.24, 2.45) is 0 Å². The molecule has 24 heavy (non-hydrogen) atoms. The quantitative estimate of drug-likeness (QED) is 0.881. The van der Waals surface area contributed by atoms with Crippen LogP contribution in [0.15, 0.2) is 36.7 Å². The first-order chi connectivity index (χ1) is 11.7. The summed E-state index contributed by atoms with van der Waals surface area (Å²) in [6.45, 7) is 1.73. The molecule has 1 saturated carbocycles. The van der Waals surface area contributed by atoms with Gasteiger partial charge in [-0.25, -0.2) is 0 Å². The normalized spacial score (nSPS) is 20.8. The first-order valence-corrected chi connectivity index (χ1v) is 8.39. The number of hydrogen-bond acceptors (Lipinski definition) is 4. The number of aromatic nitrogens is 1. The number of carbonyl (C=O) groups is 2. The molecule has 1 saturated heterocycles. The third-order valence-electron chi connectivity index (χ3n) is 4.64. The van der Waals surface area contributed by atoms with E-state index in [1.807, 2.05) is 24.3 Å². The van der Waals surface area contributed by atoms with Crippen molar-refractivity contribution in [3.05, 3.63) is 42.2 Å². The second kappa shape index (κ2) is 6.20. The fourth-order valence-electron chi connectivity index (χ4n) is 3.17. The molecule has 0 spiro atoms. The number of pyridine rings is 1. The van der Waals surface area contributed by atoms with Crippen molar-refractivity contribution in [2.45, 2.75) is 24.9 Å². The molecular formula is C18H20N4O2. The van der Waals surface area contributed by atoms with Gasteiger partial charge in [-0.05, 0) is 30.4 Å². The maximum absolute atomic E-state index is 13.1. The van der Waals surface area contributed by atoms with Crippen LogP contribution in [0.25, 0.3) is 10.8 Å². The van der Waals surface area contributed by atoms with E-state index in [-0.39, 0.29) is 11.8 Å². The standard InChI is InChI=1S/C18H20N4O2/c23-17(21-13-4-5-13)16-11-20-8-9-22(16)18(24)15-3-1-2-12-10-19-7-6-14(12)15/h1-3,6-7,10,13,16,20H,4-5,8-9,11H2,(H,21,23). The summed E-state index contributed by atoms with van der Waals surface area (Å²) >= 11 is 0. The predicted octanol–water partition coefficient (Wildman–Crippen LogP) is 0.927. The molecule has 124 valence electrons. The van der Waals surface area contributed by atoms with Crippen molar-refractivity contribution in [3.8, 4) is 0 Å². The van der Waals surface area contributed by atoms with Crippen LogP contribution in [0.3, 0.4) is 0 Å². The van der Waals surface area contributed by atoms with Gasteiger partial charge in [-0.1, -0.05) is 12.1 Å². The van der Waals surface area contributed by atoms with Crippen LogP contribution in [0.4, 0.5) is 0 Å². The van der Waals surface area contributed by atoms with Crippen molar-refractivity contribution in [1.82, 2.24) is 20.5 Å². The molecule has 1 aliphatic carbocycles. The third-order valence-corrected chi connectivity index (χ3v) is 4.64. The van der Waals surface area contributed by atoms with Gasteiger partial charge < -0.3 is 15.5 Å². The molecule has 2 amide bonds. The van der Waals surface area contributed by atoms with E-state index >= 15 is 0 Å². The first-order valence-electron chi connectivity index (χ1n) is 8.39. The number of piperazine rings is 1. The van der Waals surface area contributed by atoms with Crippen LogP contribution in [-0.4, -0.2) is 53.4 Å². The lowest BCUT2D eigenvalue weighted by Crippen LogP contribution is -2.59. The first kappa shape index (κ1) is 15.1. The van der Waals surface area contributed by atoms with E-state index < -0.39 is 6.04 Å². The molecule has 1 aromatic carbocycles. The van der Waals surface area contributed by atoms with Crippen LogP contribution < -0.4 is 10.6 Å². The van der Waals surface area contributed by atoms with Gasteiger partial charge in [0.2, 0.25) is 5.91 Å². The van der Waals surface area contributed by atoms with E-state index in [2.05, 4.69) is 15.6 Å². The number of hydrogen-bond donors (Lipinski definition) is 2. The van der Waals surface area contributed by atoms with Crippen LogP contribution in [0.5, 0.6) is 0 Å². The summed E-state index contributed by atoms with van der Waals surface area (Å²) in [5.74, 6) is -0.149. The highest BCUT2D eigenvalue weighted by molar-refractivity contribution is 6.08. The van der Waals surface area contributed by atoms with Gasteiger partial charge in [-0.2, -0.15) is 0 Å². The summed E-state index contributed by atoms with van der Waals surface area (Å²) in [5.41, 5.74) is 0.626. The zero-order valence-corrected chi connectivity index (χ0v) is 13.4. The van der Waals surface area contributed by atoms with E-state index in [1.165, 1.54) is 0 Å². The highest BCUT2D eigenvalue weighted by Gasteiger charge is 2.35. The van der Waals surface area contributed by atoms with E-state index in [9.17, 15) is 9.59 Å². The third kappa shape index (κ3) is 2.85. The summed E-state index contributed by atoms with van der Waals surface area (Å²) in [7, 11) is 0. The molecule has 4 rings (SSSR count). The zero-order valence-electron chi connectivity index (χ0n) is 13.4. The highest BCUT2D eigenvalue weighted by atomic mass is 16.2. The molecule has 2 aliphatic rings. The Morgan fingerprint density at radius 1 is 1.25 bits per heavy atom. The molecule has 1 atom stereocenters. The SMILES string of the molecule is O=C(NC1CC1)C1CNCCN1C(=O)c1cccc2cnccc12. The molecule has 0 radical (unpaired) electrons. The zero-order chi connectivity index (χ0) is 16.5. The van der Waals surface area contributed by atoms with Crippen molar-refractivity contribution >= 4 is 22.6 Å². The Balaban J connectivity index is 1.64. The Bertz CT molecular complexity index is 782. The molecule has 1 aliphatic heterocycles. The highest BCUT2D eigenvalue weighted by Crippen LogP contribution is 2.22. The monoisotopic (exact) mass is 324 g/mol. The van der Waals surface area contributed by atoms with E-state index in [0.717, 1.165) is 23.6 Å². The van der Waals surface area contributed by atoms with Crippen LogP contribution in [0.1, 0.15) is 23.2 Å². The van der Waals surface area contributed by atoms with Gasteiger partial charge in [0.1, 0.15) is 6.04 Å². The minimum absolute atomic E-state index is 0.0556. The summed E-state index contributed by atoms with van der Waals surface area (Å²) < 4.78 is 0. The Morgan fingerprint density at radius 2 is 2.12 bits per heavy atom. The van der Waals surface area contributed by atoms with Gasteiger partial charge in [0.05, 0.1) is 0 Å². The Morgan fingerprint density at radius 3 is 2.96 bits per heavy atom. The summed E-state index contributed by atoms with van der Waals surface area (Å²) in [5, 5.41) is 8.03. The molecule has 2 fully saturated rings. The molecule has 6 heteroatoms. The summed E-state index contributed by atoms with van der Waals surface area (Å²) in [6, 6.07) is 7.31. The summed E-state index contributed by atoms with van der Waals surface area (Å²) in [6.07, 6.45) is 5.52. The topological polar surface area (TPSA) is 74.3 Å². The Hall–Kier alpha value is -2.47.